The number of sulfonamides is 1. The summed E-state index contributed by atoms with van der Waals surface area (Å²) in [6.45, 7) is 2.61. The number of hydrogen-bond donors (Lipinski definition) is 2. The van der Waals surface area contributed by atoms with Gasteiger partial charge in [-0.15, -0.1) is 0 Å². The van der Waals surface area contributed by atoms with Crippen LogP contribution in [0.1, 0.15) is 43.0 Å². The van der Waals surface area contributed by atoms with Crippen molar-refractivity contribution in [1.82, 2.24) is 5.32 Å². The SMILES string of the molecule is CC1CCC(NC(=O)COC(=O)c2ccc(NS(=O)(=O)c3ccc4c(c3)OCCO4)cc2)CC1. The van der Waals surface area contributed by atoms with Crippen molar-refractivity contribution >= 4 is 27.6 Å². The summed E-state index contributed by atoms with van der Waals surface area (Å²) >= 11 is 0. The number of ether oxygens (including phenoxy) is 3. The van der Waals surface area contributed by atoms with Crippen LogP contribution in [-0.4, -0.2) is 46.2 Å². The summed E-state index contributed by atoms with van der Waals surface area (Å²) in [6.07, 6.45) is 4.03. The Labute approximate surface area is 198 Å². The third kappa shape index (κ3) is 5.99. The van der Waals surface area contributed by atoms with Crippen LogP contribution in [-0.2, 0) is 19.6 Å². The van der Waals surface area contributed by atoms with Crippen LogP contribution >= 0.6 is 0 Å². The lowest BCUT2D eigenvalue weighted by atomic mass is 9.87. The highest BCUT2D eigenvalue weighted by Gasteiger charge is 2.21. The van der Waals surface area contributed by atoms with Crippen molar-refractivity contribution in [3.8, 4) is 11.5 Å². The number of benzene rings is 2. The van der Waals surface area contributed by atoms with E-state index in [9.17, 15) is 18.0 Å². The van der Waals surface area contributed by atoms with Gasteiger partial charge in [-0.05, 0) is 68.0 Å². The smallest absolute Gasteiger partial charge is 0.338 e. The highest BCUT2D eigenvalue weighted by molar-refractivity contribution is 7.92. The number of nitrogens with one attached hydrogen (secondary N) is 2. The normalized spacial score (nSPS) is 19.7. The van der Waals surface area contributed by atoms with E-state index in [4.69, 9.17) is 14.2 Å². The van der Waals surface area contributed by atoms with Crippen molar-refractivity contribution in [3.05, 3.63) is 48.0 Å². The average Bonchev–Trinajstić information content (AvgIpc) is 2.84. The number of esters is 1. The number of carbonyl (C=O) groups excluding carboxylic acids is 2. The Balaban J connectivity index is 1.30. The molecule has 1 saturated carbocycles. The second kappa shape index (κ2) is 10.3. The molecule has 182 valence electrons. The monoisotopic (exact) mass is 488 g/mol. The maximum atomic E-state index is 12.7. The number of amides is 1. The number of anilines is 1. The predicted molar refractivity (Wildman–Crippen MR) is 125 cm³/mol. The summed E-state index contributed by atoms with van der Waals surface area (Å²) in [5.41, 5.74) is 0.484. The quantitative estimate of drug-likeness (QED) is 0.575. The van der Waals surface area contributed by atoms with Gasteiger partial charge in [-0.25, -0.2) is 13.2 Å². The first-order valence-electron chi connectivity index (χ1n) is 11.3. The minimum absolute atomic E-state index is 0.0265. The molecule has 2 aromatic carbocycles. The predicted octanol–water partition coefficient (Wildman–Crippen LogP) is 3.11. The fourth-order valence-corrected chi connectivity index (χ4v) is 5.04. The molecule has 1 amide bonds. The molecule has 0 bridgehead atoms. The number of rotatable bonds is 7. The van der Waals surface area contributed by atoms with E-state index in [1.54, 1.807) is 6.07 Å². The molecule has 0 aromatic heterocycles. The van der Waals surface area contributed by atoms with E-state index >= 15 is 0 Å². The lowest BCUT2D eigenvalue weighted by Crippen LogP contribution is -2.39. The number of fused-ring (bicyclic) bond motifs is 1. The van der Waals surface area contributed by atoms with Crippen LogP contribution in [0.15, 0.2) is 47.4 Å². The third-order valence-electron chi connectivity index (χ3n) is 5.91. The van der Waals surface area contributed by atoms with Crippen molar-refractivity contribution in [1.29, 1.82) is 0 Å². The molecule has 0 spiro atoms. The van der Waals surface area contributed by atoms with Gasteiger partial charge in [0.2, 0.25) is 0 Å². The Morgan fingerprint density at radius 2 is 1.65 bits per heavy atom. The van der Waals surface area contributed by atoms with Crippen molar-refractivity contribution in [2.24, 2.45) is 5.92 Å². The molecule has 1 fully saturated rings. The standard InChI is InChI=1S/C24H28N2O7S/c1-16-2-6-18(7-3-16)25-23(27)15-33-24(28)17-4-8-19(9-5-17)26-34(29,30)20-10-11-21-22(14-20)32-13-12-31-21/h4-5,8-11,14,16,18,26H,2-3,6-7,12-13,15H2,1H3,(H,25,27). The van der Waals surface area contributed by atoms with Gasteiger partial charge in [-0.1, -0.05) is 6.92 Å². The second-order valence-electron chi connectivity index (χ2n) is 8.59. The molecule has 0 saturated heterocycles. The molecular formula is C24H28N2O7S. The lowest BCUT2D eigenvalue weighted by molar-refractivity contribution is -0.125. The van der Waals surface area contributed by atoms with E-state index in [2.05, 4.69) is 17.0 Å². The molecule has 10 heteroatoms. The van der Waals surface area contributed by atoms with Crippen LogP contribution in [0.3, 0.4) is 0 Å². The van der Waals surface area contributed by atoms with Gasteiger partial charge in [0, 0.05) is 17.8 Å². The molecule has 1 aliphatic heterocycles. The molecule has 34 heavy (non-hydrogen) atoms. The molecule has 2 aliphatic rings. The molecule has 0 atom stereocenters. The third-order valence-corrected chi connectivity index (χ3v) is 7.29. The summed E-state index contributed by atoms with van der Waals surface area (Å²) in [7, 11) is -3.87. The van der Waals surface area contributed by atoms with Gasteiger partial charge in [0.15, 0.2) is 18.1 Å². The molecule has 9 nitrogen and oxygen atoms in total. The Morgan fingerprint density at radius 3 is 2.35 bits per heavy atom. The molecule has 0 radical (unpaired) electrons. The largest absolute Gasteiger partial charge is 0.486 e. The van der Waals surface area contributed by atoms with Crippen LogP contribution in [0.4, 0.5) is 5.69 Å². The fourth-order valence-electron chi connectivity index (χ4n) is 3.97. The van der Waals surface area contributed by atoms with Crippen LogP contribution in [0.5, 0.6) is 11.5 Å². The van der Waals surface area contributed by atoms with E-state index in [1.807, 2.05) is 0 Å². The summed E-state index contributed by atoms with van der Waals surface area (Å²) in [5, 5.41) is 2.91. The molecule has 0 unspecified atom stereocenters. The summed E-state index contributed by atoms with van der Waals surface area (Å²) in [4.78, 5) is 24.4. The zero-order valence-electron chi connectivity index (χ0n) is 18.9. The molecule has 4 rings (SSSR count). The number of hydrogen-bond acceptors (Lipinski definition) is 7. The molecule has 1 aliphatic carbocycles. The van der Waals surface area contributed by atoms with E-state index in [-0.39, 0.29) is 34.7 Å². The topological polar surface area (TPSA) is 120 Å². The van der Waals surface area contributed by atoms with Crippen molar-refractivity contribution in [3.63, 3.8) is 0 Å². The molecule has 1 heterocycles. The Kier molecular flexibility index (Phi) is 7.26. The zero-order chi connectivity index (χ0) is 24.1. The number of carbonyl (C=O) groups is 2. The highest BCUT2D eigenvalue weighted by atomic mass is 32.2. The minimum Gasteiger partial charge on any atom is -0.486 e. The summed E-state index contributed by atoms with van der Waals surface area (Å²) < 4.78 is 43.9. The summed E-state index contributed by atoms with van der Waals surface area (Å²) in [6, 6.07) is 10.3. The zero-order valence-corrected chi connectivity index (χ0v) is 19.7. The first kappa shape index (κ1) is 23.9. The van der Waals surface area contributed by atoms with Crippen molar-refractivity contribution < 1.29 is 32.2 Å². The van der Waals surface area contributed by atoms with E-state index in [0.29, 0.717) is 30.6 Å². The molecule has 2 N–H and O–H groups in total. The van der Waals surface area contributed by atoms with Crippen molar-refractivity contribution in [2.75, 3.05) is 24.5 Å². The van der Waals surface area contributed by atoms with Crippen LogP contribution in [0, 0.1) is 5.92 Å². The lowest BCUT2D eigenvalue weighted by Gasteiger charge is -2.26. The molecule has 2 aromatic rings. The summed E-state index contributed by atoms with van der Waals surface area (Å²) in [5.74, 6) is 0.565. The van der Waals surface area contributed by atoms with Crippen LogP contribution in [0.25, 0.3) is 0 Å². The van der Waals surface area contributed by atoms with Gasteiger partial charge in [-0.2, -0.15) is 0 Å². The average molecular weight is 489 g/mol. The second-order valence-corrected chi connectivity index (χ2v) is 10.3. The Morgan fingerprint density at radius 1 is 0.971 bits per heavy atom. The van der Waals surface area contributed by atoms with E-state index in [0.717, 1.165) is 25.7 Å². The first-order valence-corrected chi connectivity index (χ1v) is 12.8. The maximum Gasteiger partial charge on any atom is 0.338 e. The van der Waals surface area contributed by atoms with Gasteiger partial charge >= 0.3 is 5.97 Å². The fraction of sp³-hybridized carbons (Fsp3) is 0.417. The van der Waals surface area contributed by atoms with Gasteiger partial charge in [0.25, 0.3) is 15.9 Å². The molecular weight excluding hydrogens is 460 g/mol. The van der Waals surface area contributed by atoms with Crippen molar-refractivity contribution in [2.45, 2.75) is 43.5 Å². The highest BCUT2D eigenvalue weighted by Crippen LogP contribution is 2.32. The first-order chi connectivity index (χ1) is 16.3. The van der Waals surface area contributed by atoms with Crippen LogP contribution in [0.2, 0.25) is 0 Å². The Bertz CT molecular complexity index is 1140. The van der Waals surface area contributed by atoms with Crippen LogP contribution < -0.4 is 19.5 Å². The van der Waals surface area contributed by atoms with Gasteiger partial charge < -0.3 is 19.5 Å². The van der Waals surface area contributed by atoms with E-state index in [1.165, 1.54) is 36.4 Å². The minimum atomic E-state index is -3.87. The van der Waals surface area contributed by atoms with Gasteiger partial charge in [-0.3, -0.25) is 9.52 Å². The van der Waals surface area contributed by atoms with E-state index < -0.39 is 16.0 Å². The van der Waals surface area contributed by atoms with Gasteiger partial charge in [0.1, 0.15) is 13.2 Å². The van der Waals surface area contributed by atoms with Gasteiger partial charge in [0.05, 0.1) is 10.5 Å². The Hall–Kier alpha value is -3.27. The maximum absolute atomic E-state index is 12.7.